The van der Waals surface area contributed by atoms with E-state index < -0.39 is 0 Å². The third-order valence-corrected chi connectivity index (χ3v) is 3.17. The van der Waals surface area contributed by atoms with E-state index in [-0.39, 0.29) is 0 Å². The van der Waals surface area contributed by atoms with Gasteiger partial charge in [0.05, 0.1) is 0 Å². The van der Waals surface area contributed by atoms with Crippen LogP contribution < -0.4 is 0 Å². The minimum absolute atomic E-state index is 0.586. The van der Waals surface area contributed by atoms with Crippen LogP contribution in [0.4, 0.5) is 0 Å². The minimum atomic E-state index is 0.586. The second-order valence-corrected chi connectivity index (χ2v) is 4.15. The summed E-state index contributed by atoms with van der Waals surface area (Å²) in [5.41, 5.74) is 2.50. The summed E-state index contributed by atoms with van der Waals surface area (Å²) in [5.74, 6) is 0.586. The summed E-state index contributed by atoms with van der Waals surface area (Å²) in [6, 6.07) is 8.54. The molecule has 0 bridgehead atoms. The Bertz CT molecular complexity index is 474. The van der Waals surface area contributed by atoms with Gasteiger partial charge in [-0.2, -0.15) is 0 Å². The predicted octanol–water partition coefficient (Wildman–Crippen LogP) is 4.06. The molecule has 1 aromatic carbocycles. The van der Waals surface area contributed by atoms with Crippen LogP contribution in [-0.2, 0) is 0 Å². The quantitative estimate of drug-likeness (QED) is 0.710. The van der Waals surface area contributed by atoms with Gasteiger partial charge in [0.25, 0.3) is 0 Å². The highest BCUT2D eigenvalue weighted by Crippen LogP contribution is 2.27. The Morgan fingerprint density at radius 1 is 1.20 bits per heavy atom. The van der Waals surface area contributed by atoms with Crippen LogP contribution in [0.1, 0.15) is 37.4 Å². The average Bonchev–Trinajstić information content (AvgIpc) is 2.29. The van der Waals surface area contributed by atoms with E-state index in [0.717, 1.165) is 12.1 Å². The van der Waals surface area contributed by atoms with E-state index in [0.29, 0.717) is 5.92 Å². The van der Waals surface area contributed by atoms with Crippen molar-refractivity contribution < 1.29 is 0 Å². The molecule has 0 aliphatic carbocycles. The summed E-state index contributed by atoms with van der Waals surface area (Å²) in [5, 5.41) is 2.65. The molecule has 0 spiro atoms. The van der Waals surface area contributed by atoms with E-state index in [1.54, 1.807) is 0 Å². The van der Waals surface area contributed by atoms with Crippen molar-refractivity contribution in [3.63, 3.8) is 0 Å². The summed E-state index contributed by atoms with van der Waals surface area (Å²) in [7, 11) is 0. The number of pyridine rings is 1. The molecule has 0 N–H and O–H groups in total. The van der Waals surface area contributed by atoms with Crippen LogP contribution in [0.2, 0.25) is 0 Å². The molecule has 15 heavy (non-hydrogen) atoms. The molecule has 1 heterocycles. The van der Waals surface area contributed by atoms with Crippen molar-refractivity contribution in [3.05, 3.63) is 41.7 Å². The minimum Gasteiger partial charge on any atom is -0.261 e. The van der Waals surface area contributed by atoms with Gasteiger partial charge in [0.2, 0.25) is 0 Å². The Hall–Kier alpha value is -1.37. The van der Waals surface area contributed by atoms with Crippen molar-refractivity contribution in [2.45, 2.75) is 33.1 Å². The number of fused-ring (bicyclic) bond motifs is 1. The summed E-state index contributed by atoms with van der Waals surface area (Å²) in [4.78, 5) is 4.48. The molecule has 2 aromatic rings. The Labute approximate surface area is 91.2 Å². The molecule has 0 fully saturated rings. The van der Waals surface area contributed by atoms with Crippen LogP contribution in [0, 0.1) is 6.92 Å². The van der Waals surface area contributed by atoms with Crippen molar-refractivity contribution in [2.24, 2.45) is 0 Å². The van der Waals surface area contributed by atoms with E-state index in [4.69, 9.17) is 0 Å². The SMILES string of the molecule is CCC(C)c1cnc(C)c2ccccc12. The molecule has 1 heteroatoms. The molecule has 0 saturated carbocycles. The Kier molecular flexibility index (Phi) is 2.72. The number of aromatic nitrogens is 1. The van der Waals surface area contributed by atoms with Gasteiger partial charge in [0.15, 0.2) is 0 Å². The molecule has 1 nitrogen and oxygen atoms in total. The lowest BCUT2D eigenvalue weighted by molar-refractivity contribution is 0.735. The zero-order valence-electron chi connectivity index (χ0n) is 9.62. The monoisotopic (exact) mass is 199 g/mol. The van der Waals surface area contributed by atoms with Crippen molar-refractivity contribution in [1.82, 2.24) is 4.98 Å². The van der Waals surface area contributed by atoms with Crippen molar-refractivity contribution in [1.29, 1.82) is 0 Å². The Morgan fingerprint density at radius 3 is 2.53 bits per heavy atom. The first-order chi connectivity index (χ1) is 7.24. The van der Waals surface area contributed by atoms with Crippen molar-refractivity contribution in [2.75, 3.05) is 0 Å². The fourth-order valence-corrected chi connectivity index (χ4v) is 1.97. The van der Waals surface area contributed by atoms with Crippen LogP contribution in [0.3, 0.4) is 0 Å². The molecule has 78 valence electrons. The number of nitrogens with zero attached hydrogens (tertiary/aromatic N) is 1. The van der Waals surface area contributed by atoms with E-state index in [1.165, 1.54) is 16.3 Å². The third kappa shape index (κ3) is 1.74. The number of hydrogen-bond acceptors (Lipinski definition) is 1. The highest BCUT2D eigenvalue weighted by Gasteiger charge is 2.09. The number of hydrogen-bond donors (Lipinski definition) is 0. The summed E-state index contributed by atoms with van der Waals surface area (Å²) >= 11 is 0. The van der Waals surface area contributed by atoms with Gasteiger partial charge >= 0.3 is 0 Å². The maximum atomic E-state index is 4.48. The van der Waals surface area contributed by atoms with Crippen molar-refractivity contribution >= 4 is 10.8 Å². The lowest BCUT2D eigenvalue weighted by Crippen LogP contribution is -1.96. The second-order valence-electron chi connectivity index (χ2n) is 4.15. The molecule has 2 rings (SSSR count). The van der Waals surface area contributed by atoms with Gasteiger partial charge in [0.1, 0.15) is 0 Å². The van der Waals surface area contributed by atoms with E-state index in [9.17, 15) is 0 Å². The number of rotatable bonds is 2. The highest BCUT2D eigenvalue weighted by atomic mass is 14.7. The molecular formula is C14H17N. The van der Waals surface area contributed by atoms with Crippen molar-refractivity contribution in [3.8, 4) is 0 Å². The zero-order valence-corrected chi connectivity index (χ0v) is 9.62. The predicted molar refractivity (Wildman–Crippen MR) is 65.2 cm³/mol. The standard InChI is InChI=1S/C14H17N/c1-4-10(2)14-9-15-11(3)12-7-5-6-8-13(12)14/h5-10H,4H2,1-3H3. The first kappa shape index (κ1) is 10.2. The van der Waals surface area contributed by atoms with Gasteiger partial charge < -0.3 is 0 Å². The topological polar surface area (TPSA) is 12.9 Å². The molecule has 1 atom stereocenters. The highest BCUT2D eigenvalue weighted by molar-refractivity contribution is 5.87. The average molecular weight is 199 g/mol. The summed E-state index contributed by atoms with van der Waals surface area (Å²) < 4.78 is 0. The zero-order chi connectivity index (χ0) is 10.8. The fourth-order valence-electron chi connectivity index (χ4n) is 1.97. The second kappa shape index (κ2) is 4.01. The molecule has 0 aliphatic rings. The van der Waals surface area contributed by atoms with Crippen LogP contribution in [-0.4, -0.2) is 4.98 Å². The van der Waals surface area contributed by atoms with Gasteiger partial charge in [-0.05, 0) is 30.2 Å². The van der Waals surface area contributed by atoms with Gasteiger partial charge in [-0.25, -0.2) is 0 Å². The van der Waals surface area contributed by atoms with Crippen LogP contribution in [0.15, 0.2) is 30.5 Å². The maximum Gasteiger partial charge on any atom is 0.0451 e. The van der Waals surface area contributed by atoms with Crippen LogP contribution in [0.5, 0.6) is 0 Å². The molecule has 0 radical (unpaired) electrons. The first-order valence-corrected chi connectivity index (χ1v) is 5.58. The van der Waals surface area contributed by atoms with Gasteiger partial charge in [-0.3, -0.25) is 4.98 Å². The third-order valence-electron chi connectivity index (χ3n) is 3.17. The molecular weight excluding hydrogens is 182 g/mol. The lowest BCUT2D eigenvalue weighted by atomic mass is 9.94. The Balaban J connectivity index is 2.71. The number of aryl methyl sites for hydroxylation is 1. The largest absolute Gasteiger partial charge is 0.261 e. The number of benzene rings is 1. The van der Waals surface area contributed by atoms with Crippen LogP contribution in [0.25, 0.3) is 10.8 Å². The molecule has 1 unspecified atom stereocenters. The Morgan fingerprint density at radius 2 is 1.87 bits per heavy atom. The van der Waals surface area contributed by atoms with E-state index in [1.807, 2.05) is 6.20 Å². The maximum absolute atomic E-state index is 4.48. The molecule has 1 aromatic heterocycles. The van der Waals surface area contributed by atoms with Crippen LogP contribution >= 0.6 is 0 Å². The van der Waals surface area contributed by atoms with E-state index >= 15 is 0 Å². The molecule has 0 saturated heterocycles. The molecule has 0 aliphatic heterocycles. The van der Waals surface area contributed by atoms with Gasteiger partial charge in [-0.1, -0.05) is 38.1 Å². The summed E-state index contributed by atoms with van der Waals surface area (Å²) in [6.07, 6.45) is 3.20. The fraction of sp³-hybridized carbons (Fsp3) is 0.357. The molecule has 0 amide bonds. The summed E-state index contributed by atoms with van der Waals surface area (Å²) in [6.45, 7) is 6.56. The normalized spacial score (nSPS) is 13.0. The van der Waals surface area contributed by atoms with Gasteiger partial charge in [-0.15, -0.1) is 0 Å². The van der Waals surface area contributed by atoms with E-state index in [2.05, 4.69) is 50.0 Å². The van der Waals surface area contributed by atoms with Gasteiger partial charge in [0, 0.05) is 17.3 Å². The lowest BCUT2D eigenvalue weighted by Gasteiger charge is -2.13. The smallest absolute Gasteiger partial charge is 0.0451 e. The first-order valence-electron chi connectivity index (χ1n) is 5.58.